The maximum Gasteiger partial charge on any atom is 0.266 e. The molecule has 0 aliphatic carbocycles. The molecule has 6 nitrogen and oxygen atoms in total. The minimum atomic E-state index is -1.33. The minimum Gasteiger partial charge on any atom is -0.447 e. The number of carbonyl (C=O) groups is 2. The second kappa shape index (κ2) is 3.33. The number of hydrogen-bond donors (Lipinski definition) is 1. The van der Waals surface area contributed by atoms with Crippen molar-refractivity contribution in [3.8, 4) is 0 Å². The van der Waals surface area contributed by atoms with E-state index >= 15 is 0 Å². The van der Waals surface area contributed by atoms with Crippen LogP contribution in [0, 0.1) is 0 Å². The number of nitrogens with one attached hydrogen (secondary N) is 1. The molecule has 0 aromatic heterocycles. The van der Waals surface area contributed by atoms with Crippen molar-refractivity contribution in [1.29, 1.82) is 0 Å². The Morgan fingerprint density at radius 3 is 2.62 bits per heavy atom. The second-order valence-corrected chi connectivity index (χ2v) is 5.86. The zero-order chi connectivity index (χ0) is 15.0. The van der Waals surface area contributed by atoms with Gasteiger partial charge in [0.2, 0.25) is 11.4 Å². The molecule has 1 N–H and O–H groups in total. The van der Waals surface area contributed by atoms with Gasteiger partial charge in [-0.2, -0.15) is 0 Å². The van der Waals surface area contributed by atoms with Crippen LogP contribution >= 0.6 is 0 Å². The molecule has 6 heteroatoms. The van der Waals surface area contributed by atoms with E-state index < -0.39 is 28.7 Å². The number of benzene rings is 1. The molecular weight excluding hydrogens is 272 g/mol. The molecule has 3 aliphatic rings. The van der Waals surface area contributed by atoms with Crippen LogP contribution in [0.15, 0.2) is 29.3 Å². The van der Waals surface area contributed by atoms with E-state index in [1.807, 2.05) is 6.92 Å². The summed E-state index contributed by atoms with van der Waals surface area (Å²) < 4.78 is 11.6. The van der Waals surface area contributed by atoms with Crippen molar-refractivity contribution in [2.75, 3.05) is 0 Å². The summed E-state index contributed by atoms with van der Waals surface area (Å²) in [6.07, 6.45) is 0. The van der Waals surface area contributed by atoms with Gasteiger partial charge in [0, 0.05) is 25.0 Å². The van der Waals surface area contributed by atoms with Gasteiger partial charge < -0.3 is 9.47 Å². The molecule has 3 atom stereocenters. The number of nitrogens with zero attached hydrogens (tertiary/aromatic N) is 1. The average Bonchev–Trinajstić information content (AvgIpc) is 2.60. The van der Waals surface area contributed by atoms with Crippen molar-refractivity contribution >= 4 is 17.7 Å². The van der Waals surface area contributed by atoms with Crippen molar-refractivity contribution in [3.63, 3.8) is 0 Å². The predicted molar refractivity (Wildman–Crippen MR) is 72.7 cm³/mol. The molecule has 2 amide bonds. The maximum absolute atomic E-state index is 12.6. The molecule has 1 fully saturated rings. The molecule has 3 heterocycles. The lowest BCUT2D eigenvalue weighted by Gasteiger charge is -2.61. The fourth-order valence-corrected chi connectivity index (χ4v) is 3.64. The molecule has 0 radical (unpaired) electrons. The fraction of sp³-hybridized carbons (Fsp3) is 0.400. The maximum atomic E-state index is 12.6. The summed E-state index contributed by atoms with van der Waals surface area (Å²) in [5.74, 6) is -1.43. The zero-order valence-corrected chi connectivity index (χ0v) is 11.9. The predicted octanol–water partition coefficient (Wildman–Crippen LogP) is 1.11. The number of aliphatic imine (C=N–C) groups is 1. The van der Waals surface area contributed by atoms with Crippen LogP contribution in [-0.2, 0) is 19.9 Å². The van der Waals surface area contributed by atoms with Crippen molar-refractivity contribution in [2.45, 2.75) is 37.7 Å². The highest BCUT2D eigenvalue weighted by Gasteiger charge is 2.81. The van der Waals surface area contributed by atoms with E-state index in [0.717, 1.165) is 0 Å². The standard InChI is InChI=1S/C15H14N2O4/c1-8-17-13(2)14(3,20-8)21-15(13)10-7-5-4-6-9(10)11(18)16-12(15)19/h4-7H,1-3H3,(H,16,18,19)/t13-,14-,15-/m1/s1. The van der Waals surface area contributed by atoms with Crippen LogP contribution in [0.2, 0.25) is 0 Å². The van der Waals surface area contributed by atoms with E-state index in [4.69, 9.17) is 9.47 Å². The van der Waals surface area contributed by atoms with Crippen LogP contribution < -0.4 is 5.32 Å². The highest BCUT2D eigenvalue weighted by atomic mass is 16.8. The first-order valence-electron chi connectivity index (χ1n) is 6.75. The first-order chi connectivity index (χ1) is 9.84. The first-order valence-corrected chi connectivity index (χ1v) is 6.75. The van der Waals surface area contributed by atoms with Crippen LogP contribution in [0.25, 0.3) is 0 Å². The highest BCUT2D eigenvalue weighted by Crippen LogP contribution is 2.62. The molecule has 108 valence electrons. The number of fused-ring (bicyclic) bond motifs is 4. The summed E-state index contributed by atoms with van der Waals surface area (Å²) in [6, 6.07) is 6.94. The molecule has 1 aromatic rings. The molecule has 1 spiro atoms. The van der Waals surface area contributed by atoms with Gasteiger partial charge in [-0.1, -0.05) is 18.2 Å². The Morgan fingerprint density at radius 2 is 1.90 bits per heavy atom. The average molecular weight is 286 g/mol. The lowest BCUT2D eigenvalue weighted by Crippen LogP contribution is -2.81. The third-order valence-corrected chi connectivity index (χ3v) is 4.74. The molecule has 0 saturated carbocycles. The van der Waals surface area contributed by atoms with E-state index in [-0.39, 0.29) is 0 Å². The quantitative estimate of drug-likeness (QED) is 0.725. The van der Waals surface area contributed by atoms with Gasteiger partial charge >= 0.3 is 0 Å². The van der Waals surface area contributed by atoms with E-state index in [1.165, 1.54) is 0 Å². The summed E-state index contributed by atoms with van der Waals surface area (Å²) in [4.78, 5) is 29.1. The SMILES string of the molecule is CC1=N[C@]2(C)[C@](C)(O1)O[C@]21C(=O)NC(=O)c2ccccc21. The first kappa shape index (κ1) is 12.5. The van der Waals surface area contributed by atoms with Gasteiger partial charge in [0.1, 0.15) is 0 Å². The van der Waals surface area contributed by atoms with Crippen molar-refractivity contribution in [3.05, 3.63) is 35.4 Å². The fourth-order valence-electron chi connectivity index (χ4n) is 3.64. The smallest absolute Gasteiger partial charge is 0.266 e. The summed E-state index contributed by atoms with van der Waals surface area (Å²) in [5, 5.41) is 2.37. The number of rotatable bonds is 0. The van der Waals surface area contributed by atoms with Crippen LogP contribution in [-0.4, -0.2) is 29.0 Å². The Kier molecular flexibility index (Phi) is 1.99. The number of hydrogen-bond acceptors (Lipinski definition) is 5. The summed E-state index contributed by atoms with van der Waals surface area (Å²) in [7, 11) is 0. The Balaban J connectivity index is 2.00. The molecule has 0 bridgehead atoms. The Bertz CT molecular complexity index is 743. The monoisotopic (exact) mass is 286 g/mol. The van der Waals surface area contributed by atoms with Crippen molar-refractivity contribution in [2.24, 2.45) is 4.99 Å². The van der Waals surface area contributed by atoms with Gasteiger partial charge in [-0.3, -0.25) is 14.9 Å². The lowest BCUT2D eigenvalue weighted by atomic mass is 9.63. The molecule has 21 heavy (non-hydrogen) atoms. The minimum absolute atomic E-state index is 0.415. The molecule has 0 unspecified atom stereocenters. The molecule has 3 aliphatic heterocycles. The molecule has 1 aromatic carbocycles. The van der Waals surface area contributed by atoms with Crippen LogP contribution in [0.3, 0.4) is 0 Å². The van der Waals surface area contributed by atoms with E-state index in [2.05, 4.69) is 10.3 Å². The van der Waals surface area contributed by atoms with Crippen LogP contribution in [0.1, 0.15) is 36.7 Å². The number of ether oxygens (including phenoxy) is 2. The Hall–Kier alpha value is -2.21. The van der Waals surface area contributed by atoms with Crippen molar-refractivity contribution < 1.29 is 19.1 Å². The van der Waals surface area contributed by atoms with Gasteiger partial charge in [0.05, 0.1) is 0 Å². The van der Waals surface area contributed by atoms with Gasteiger partial charge in [-0.15, -0.1) is 0 Å². The molecule has 1 saturated heterocycles. The number of carbonyl (C=O) groups excluding carboxylic acids is 2. The van der Waals surface area contributed by atoms with E-state index in [9.17, 15) is 9.59 Å². The third kappa shape index (κ3) is 1.13. The summed E-state index contributed by atoms with van der Waals surface area (Å²) in [6.45, 7) is 5.30. The Morgan fingerprint density at radius 1 is 1.19 bits per heavy atom. The van der Waals surface area contributed by atoms with Gasteiger partial charge in [-0.05, 0) is 13.0 Å². The summed E-state index contributed by atoms with van der Waals surface area (Å²) >= 11 is 0. The number of amides is 2. The van der Waals surface area contributed by atoms with Gasteiger partial charge in [-0.25, -0.2) is 4.99 Å². The topological polar surface area (TPSA) is 77.0 Å². The Labute approximate surface area is 121 Å². The second-order valence-electron chi connectivity index (χ2n) is 5.86. The lowest BCUT2D eigenvalue weighted by molar-refractivity contribution is -0.380. The molecular formula is C15H14N2O4. The van der Waals surface area contributed by atoms with Gasteiger partial charge in [0.25, 0.3) is 11.8 Å². The zero-order valence-electron chi connectivity index (χ0n) is 11.9. The van der Waals surface area contributed by atoms with Gasteiger partial charge in [0.15, 0.2) is 11.4 Å². The van der Waals surface area contributed by atoms with Crippen LogP contribution in [0.4, 0.5) is 0 Å². The van der Waals surface area contributed by atoms with E-state index in [0.29, 0.717) is 17.0 Å². The van der Waals surface area contributed by atoms with Crippen molar-refractivity contribution in [1.82, 2.24) is 5.32 Å². The highest BCUT2D eigenvalue weighted by molar-refractivity contribution is 6.14. The number of imide groups is 1. The third-order valence-electron chi connectivity index (χ3n) is 4.74. The normalized spacial score (nSPS) is 39.9. The summed E-state index contributed by atoms with van der Waals surface area (Å²) in [5.41, 5.74) is -1.27. The largest absolute Gasteiger partial charge is 0.447 e. The van der Waals surface area contributed by atoms with E-state index in [1.54, 1.807) is 38.1 Å². The van der Waals surface area contributed by atoms with Crippen LogP contribution in [0.5, 0.6) is 0 Å². The molecule has 4 rings (SSSR count).